The van der Waals surface area contributed by atoms with Gasteiger partial charge in [0.05, 0.1) is 10.7 Å². The SMILES string of the molecule is CCNc1nc(Nc2ccc(F)c(Cl)c2)cc(-c2cccc(OC(F)(F)F)c2)n1. The van der Waals surface area contributed by atoms with Crippen LogP contribution in [-0.4, -0.2) is 22.9 Å². The first-order valence-corrected chi connectivity index (χ1v) is 8.82. The molecule has 0 spiro atoms. The highest BCUT2D eigenvalue weighted by Crippen LogP contribution is 2.29. The molecule has 10 heteroatoms. The van der Waals surface area contributed by atoms with Crippen LogP contribution < -0.4 is 15.4 Å². The van der Waals surface area contributed by atoms with Gasteiger partial charge in [-0.3, -0.25) is 0 Å². The summed E-state index contributed by atoms with van der Waals surface area (Å²) in [6, 6.07) is 11.1. The Hall–Kier alpha value is -3.07. The third-order valence-electron chi connectivity index (χ3n) is 3.62. The minimum atomic E-state index is -4.80. The lowest BCUT2D eigenvalue weighted by atomic mass is 10.1. The van der Waals surface area contributed by atoms with Gasteiger partial charge in [0.25, 0.3) is 0 Å². The molecule has 0 unspecified atom stereocenters. The maximum Gasteiger partial charge on any atom is 0.573 e. The Labute approximate surface area is 168 Å². The zero-order chi connectivity index (χ0) is 21.0. The normalized spacial score (nSPS) is 11.2. The number of alkyl halides is 3. The first-order valence-electron chi connectivity index (χ1n) is 8.44. The fourth-order valence-corrected chi connectivity index (χ4v) is 2.65. The molecule has 0 fully saturated rings. The van der Waals surface area contributed by atoms with Crippen LogP contribution in [0.25, 0.3) is 11.3 Å². The van der Waals surface area contributed by atoms with Gasteiger partial charge >= 0.3 is 6.36 Å². The van der Waals surface area contributed by atoms with E-state index < -0.39 is 12.2 Å². The van der Waals surface area contributed by atoms with Gasteiger partial charge in [-0.2, -0.15) is 4.98 Å². The molecule has 1 aromatic heterocycles. The Balaban J connectivity index is 1.96. The smallest absolute Gasteiger partial charge is 0.406 e. The predicted molar refractivity (Wildman–Crippen MR) is 103 cm³/mol. The van der Waals surface area contributed by atoms with Crippen molar-refractivity contribution >= 4 is 29.1 Å². The standard InChI is InChI=1S/C19H15ClF4N4O/c1-2-25-18-27-16(11-4-3-5-13(8-11)29-19(22,23)24)10-17(28-18)26-12-6-7-15(21)14(20)9-12/h3-10H,2H2,1H3,(H2,25,26,27,28). The first-order chi connectivity index (χ1) is 13.7. The molecule has 5 nitrogen and oxygen atoms in total. The van der Waals surface area contributed by atoms with Gasteiger partial charge in [-0.05, 0) is 37.3 Å². The summed E-state index contributed by atoms with van der Waals surface area (Å²) in [6.07, 6.45) is -4.80. The number of halogens is 5. The molecule has 3 rings (SSSR count). The molecule has 0 amide bonds. The fourth-order valence-electron chi connectivity index (χ4n) is 2.47. The van der Waals surface area contributed by atoms with Crippen molar-refractivity contribution in [2.24, 2.45) is 0 Å². The Morgan fingerprint density at radius 2 is 1.86 bits per heavy atom. The molecule has 0 bridgehead atoms. The van der Waals surface area contributed by atoms with E-state index in [1.54, 1.807) is 12.1 Å². The molecule has 1 heterocycles. The van der Waals surface area contributed by atoms with Crippen LogP contribution in [0.15, 0.2) is 48.5 Å². The molecular formula is C19H15ClF4N4O. The third kappa shape index (κ3) is 5.71. The van der Waals surface area contributed by atoms with Crippen molar-refractivity contribution < 1.29 is 22.3 Å². The van der Waals surface area contributed by atoms with Crippen molar-refractivity contribution in [3.63, 3.8) is 0 Å². The van der Waals surface area contributed by atoms with Crippen molar-refractivity contribution in [1.82, 2.24) is 9.97 Å². The Morgan fingerprint density at radius 3 is 2.55 bits per heavy atom. The van der Waals surface area contributed by atoms with Gasteiger partial charge in [-0.15, -0.1) is 13.2 Å². The number of aromatic nitrogens is 2. The van der Waals surface area contributed by atoms with Crippen LogP contribution in [0.4, 0.5) is 35.0 Å². The topological polar surface area (TPSA) is 59.1 Å². The molecule has 0 atom stereocenters. The number of ether oxygens (including phenoxy) is 1. The summed E-state index contributed by atoms with van der Waals surface area (Å²) >= 11 is 5.79. The Morgan fingerprint density at radius 1 is 1.07 bits per heavy atom. The first kappa shape index (κ1) is 20.7. The molecule has 0 saturated carbocycles. The summed E-state index contributed by atoms with van der Waals surface area (Å²) < 4.78 is 54.8. The van der Waals surface area contributed by atoms with E-state index >= 15 is 0 Å². The number of rotatable bonds is 6. The van der Waals surface area contributed by atoms with Crippen molar-refractivity contribution in [3.05, 3.63) is 59.4 Å². The van der Waals surface area contributed by atoms with Gasteiger partial charge in [0.1, 0.15) is 17.4 Å². The van der Waals surface area contributed by atoms with E-state index in [4.69, 9.17) is 11.6 Å². The van der Waals surface area contributed by atoms with Crippen LogP contribution >= 0.6 is 11.6 Å². The van der Waals surface area contributed by atoms with Gasteiger partial charge in [0, 0.05) is 23.9 Å². The monoisotopic (exact) mass is 426 g/mol. The largest absolute Gasteiger partial charge is 0.573 e. The number of hydrogen-bond acceptors (Lipinski definition) is 5. The lowest BCUT2D eigenvalue weighted by Crippen LogP contribution is -2.17. The number of nitrogens with one attached hydrogen (secondary N) is 2. The number of hydrogen-bond donors (Lipinski definition) is 2. The lowest BCUT2D eigenvalue weighted by Gasteiger charge is -2.13. The van der Waals surface area contributed by atoms with E-state index in [-0.39, 0.29) is 16.7 Å². The fraction of sp³-hybridized carbons (Fsp3) is 0.158. The van der Waals surface area contributed by atoms with Gasteiger partial charge in [-0.25, -0.2) is 9.37 Å². The van der Waals surface area contributed by atoms with E-state index in [0.29, 0.717) is 29.3 Å². The van der Waals surface area contributed by atoms with Gasteiger partial charge in [-0.1, -0.05) is 23.7 Å². The van der Waals surface area contributed by atoms with Crippen molar-refractivity contribution in [1.29, 1.82) is 0 Å². The Kier molecular flexibility index (Phi) is 6.07. The van der Waals surface area contributed by atoms with E-state index in [1.165, 1.54) is 36.4 Å². The molecule has 0 saturated heterocycles. The van der Waals surface area contributed by atoms with Crippen LogP contribution in [-0.2, 0) is 0 Å². The number of anilines is 3. The molecule has 0 aliphatic rings. The van der Waals surface area contributed by atoms with E-state index in [2.05, 4.69) is 25.3 Å². The van der Waals surface area contributed by atoms with E-state index in [1.807, 2.05) is 6.92 Å². The lowest BCUT2D eigenvalue weighted by molar-refractivity contribution is -0.274. The second-order valence-corrected chi connectivity index (χ2v) is 6.23. The zero-order valence-electron chi connectivity index (χ0n) is 15.0. The van der Waals surface area contributed by atoms with Crippen molar-refractivity contribution in [3.8, 4) is 17.0 Å². The van der Waals surface area contributed by atoms with Gasteiger partial charge in [0.2, 0.25) is 5.95 Å². The summed E-state index contributed by atoms with van der Waals surface area (Å²) in [6.45, 7) is 2.38. The van der Waals surface area contributed by atoms with Crippen LogP contribution in [0.3, 0.4) is 0 Å². The highest BCUT2D eigenvalue weighted by atomic mass is 35.5. The summed E-state index contributed by atoms with van der Waals surface area (Å²) in [5, 5.41) is 5.88. The van der Waals surface area contributed by atoms with Gasteiger partial charge < -0.3 is 15.4 Å². The molecule has 0 aliphatic heterocycles. The summed E-state index contributed by atoms with van der Waals surface area (Å²) in [4.78, 5) is 8.62. The molecule has 2 N–H and O–H groups in total. The second-order valence-electron chi connectivity index (χ2n) is 5.82. The van der Waals surface area contributed by atoms with Gasteiger partial charge in [0.15, 0.2) is 0 Å². The molecular weight excluding hydrogens is 412 g/mol. The molecule has 29 heavy (non-hydrogen) atoms. The Bertz CT molecular complexity index is 1010. The van der Waals surface area contributed by atoms with Crippen LogP contribution in [0.5, 0.6) is 5.75 Å². The highest BCUT2D eigenvalue weighted by molar-refractivity contribution is 6.31. The molecule has 3 aromatic rings. The van der Waals surface area contributed by atoms with Crippen LogP contribution in [0, 0.1) is 5.82 Å². The highest BCUT2D eigenvalue weighted by Gasteiger charge is 2.31. The molecule has 0 radical (unpaired) electrons. The van der Waals surface area contributed by atoms with Crippen molar-refractivity contribution in [2.45, 2.75) is 13.3 Å². The summed E-state index contributed by atoms with van der Waals surface area (Å²) in [7, 11) is 0. The van der Waals surface area contributed by atoms with E-state index in [9.17, 15) is 17.6 Å². The maximum atomic E-state index is 13.4. The van der Waals surface area contributed by atoms with E-state index in [0.717, 1.165) is 0 Å². The molecule has 152 valence electrons. The zero-order valence-corrected chi connectivity index (χ0v) is 15.8. The molecule has 2 aromatic carbocycles. The molecule has 0 aliphatic carbocycles. The van der Waals surface area contributed by atoms with Crippen molar-refractivity contribution in [2.75, 3.05) is 17.2 Å². The quantitative estimate of drug-likeness (QED) is 0.473. The average molecular weight is 427 g/mol. The predicted octanol–water partition coefficient (Wildman–Crippen LogP) is 6.01. The minimum absolute atomic E-state index is 0.0619. The summed E-state index contributed by atoms with van der Waals surface area (Å²) in [5.74, 6) is -0.313. The number of nitrogens with zero attached hydrogens (tertiary/aromatic N) is 2. The second kappa shape index (κ2) is 8.52. The number of benzene rings is 2. The third-order valence-corrected chi connectivity index (χ3v) is 3.91. The minimum Gasteiger partial charge on any atom is -0.406 e. The van der Waals surface area contributed by atoms with Crippen LogP contribution in [0.1, 0.15) is 6.92 Å². The average Bonchev–Trinajstić information content (AvgIpc) is 2.64. The van der Waals surface area contributed by atoms with Crippen LogP contribution in [0.2, 0.25) is 5.02 Å². The summed E-state index contributed by atoms with van der Waals surface area (Å²) in [5.41, 5.74) is 1.24. The maximum absolute atomic E-state index is 13.4.